The van der Waals surface area contributed by atoms with E-state index in [9.17, 15) is 14.4 Å². The van der Waals surface area contributed by atoms with E-state index in [1.807, 2.05) is 6.07 Å². The smallest absolute Gasteiger partial charge is 0.344 e. The maximum absolute atomic E-state index is 12.6. The van der Waals surface area contributed by atoms with Crippen molar-refractivity contribution in [1.29, 1.82) is 0 Å². The third-order valence-electron chi connectivity index (χ3n) is 3.58. The van der Waals surface area contributed by atoms with Crippen molar-refractivity contribution >= 4 is 28.9 Å². The first-order chi connectivity index (χ1) is 12.4. The molecule has 0 aliphatic rings. The molecule has 1 N–H and O–H groups in total. The average molecular weight is 359 g/mol. The van der Waals surface area contributed by atoms with Gasteiger partial charge in [-0.2, -0.15) is 0 Å². The summed E-state index contributed by atoms with van der Waals surface area (Å²) in [4.78, 5) is 45.6. The van der Waals surface area contributed by atoms with Crippen molar-refractivity contribution in [2.24, 2.45) is 0 Å². The van der Waals surface area contributed by atoms with Crippen molar-refractivity contribution < 1.29 is 23.9 Å². The van der Waals surface area contributed by atoms with Crippen LogP contribution in [-0.4, -0.2) is 46.6 Å². The molecular weight excluding hydrogens is 338 g/mol. The van der Waals surface area contributed by atoms with Crippen LogP contribution in [0.15, 0.2) is 30.5 Å². The van der Waals surface area contributed by atoms with Gasteiger partial charge in [0, 0.05) is 19.5 Å². The van der Waals surface area contributed by atoms with E-state index in [-0.39, 0.29) is 19.6 Å². The first-order valence-corrected chi connectivity index (χ1v) is 8.26. The molecule has 0 aliphatic heterocycles. The van der Waals surface area contributed by atoms with E-state index in [0.717, 1.165) is 0 Å². The van der Waals surface area contributed by atoms with Crippen molar-refractivity contribution in [3.8, 4) is 0 Å². The number of hydrogen-bond acceptors (Lipinski definition) is 7. The second kappa shape index (κ2) is 8.37. The molecule has 26 heavy (non-hydrogen) atoms. The van der Waals surface area contributed by atoms with Crippen LogP contribution >= 0.6 is 0 Å². The predicted octanol–water partition coefficient (Wildman–Crippen LogP) is 1.17. The Kier molecular flexibility index (Phi) is 6.21. The van der Waals surface area contributed by atoms with Gasteiger partial charge in [0.25, 0.3) is 0 Å². The van der Waals surface area contributed by atoms with Crippen LogP contribution in [0.25, 0.3) is 11.0 Å². The first-order valence-electron chi connectivity index (χ1n) is 8.26. The molecule has 0 atom stereocenters. The third kappa shape index (κ3) is 4.14. The van der Waals surface area contributed by atoms with E-state index >= 15 is 0 Å². The van der Waals surface area contributed by atoms with Crippen LogP contribution in [0.1, 0.15) is 26.5 Å². The van der Waals surface area contributed by atoms with Gasteiger partial charge in [-0.1, -0.05) is 12.1 Å². The Labute approximate surface area is 150 Å². The molecule has 1 amide bonds. The minimum absolute atomic E-state index is 0.0446. The number of aromatic nitrogens is 2. The summed E-state index contributed by atoms with van der Waals surface area (Å²) >= 11 is 0. The van der Waals surface area contributed by atoms with E-state index in [4.69, 9.17) is 9.47 Å². The topological polar surface area (TPSA) is 107 Å². The number of rotatable bonds is 7. The van der Waals surface area contributed by atoms with Gasteiger partial charge in [0.1, 0.15) is 0 Å². The molecule has 138 valence electrons. The standard InChI is InChI=1S/C18H21N3O5/c1-4-25-16(23)18(21-12(3)22,17(24)26-5-2)10-13-11-19-14-8-6-7-9-15(14)20-13/h6-9,11H,4-5,10H2,1-3H3,(H,21,22). The highest BCUT2D eigenvalue weighted by atomic mass is 16.6. The van der Waals surface area contributed by atoms with E-state index in [2.05, 4.69) is 15.3 Å². The number of amides is 1. The molecular formula is C18H21N3O5. The number of carbonyl (C=O) groups excluding carboxylic acids is 3. The number of nitrogens with zero attached hydrogens (tertiary/aromatic N) is 2. The maximum Gasteiger partial charge on any atom is 0.344 e. The number of fused-ring (bicyclic) bond motifs is 1. The molecule has 8 heteroatoms. The van der Waals surface area contributed by atoms with Gasteiger partial charge in [0.05, 0.1) is 29.9 Å². The number of esters is 2. The molecule has 0 spiro atoms. The number of benzene rings is 1. The highest BCUT2D eigenvalue weighted by molar-refractivity contribution is 6.08. The fraction of sp³-hybridized carbons (Fsp3) is 0.389. The van der Waals surface area contributed by atoms with Crippen molar-refractivity contribution in [1.82, 2.24) is 15.3 Å². The summed E-state index contributed by atoms with van der Waals surface area (Å²) in [6, 6.07) is 7.19. The fourth-order valence-electron chi connectivity index (χ4n) is 2.54. The van der Waals surface area contributed by atoms with Gasteiger partial charge in [0.2, 0.25) is 11.4 Å². The summed E-state index contributed by atoms with van der Waals surface area (Å²) in [5, 5.41) is 2.40. The summed E-state index contributed by atoms with van der Waals surface area (Å²) in [6.07, 6.45) is 1.22. The van der Waals surface area contributed by atoms with Gasteiger partial charge in [-0.25, -0.2) is 14.6 Å². The zero-order chi connectivity index (χ0) is 19.2. The van der Waals surface area contributed by atoms with Crippen molar-refractivity contribution in [3.05, 3.63) is 36.2 Å². The maximum atomic E-state index is 12.6. The summed E-state index contributed by atoms with van der Waals surface area (Å²) in [5.41, 5.74) is -0.392. The van der Waals surface area contributed by atoms with Crippen LogP contribution < -0.4 is 5.32 Å². The minimum Gasteiger partial charge on any atom is -0.464 e. The molecule has 1 heterocycles. The Balaban J connectivity index is 2.49. The Hall–Kier alpha value is -3.03. The quantitative estimate of drug-likeness (QED) is 0.584. The van der Waals surface area contributed by atoms with Crippen molar-refractivity contribution in [2.45, 2.75) is 32.7 Å². The number of para-hydroxylation sites is 2. The van der Waals surface area contributed by atoms with Crippen LogP contribution in [0, 0.1) is 0 Å². The van der Waals surface area contributed by atoms with Crippen LogP contribution in [0.2, 0.25) is 0 Å². The van der Waals surface area contributed by atoms with E-state index in [1.165, 1.54) is 13.1 Å². The van der Waals surface area contributed by atoms with Crippen LogP contribution in [0.4, 0.5) is 0 Å². The predicted molar refractivity (Wildman–Crippen MR) is 93.1 cm³/mol. The lowest BCUT2D eigenvalue weighted by atomic mass is 9.93. The zero-order valence-electron chi connectivity index (χ0n) is 14.9. The molecule has 8 nitrogen and oxygen atoms in total. The molecule has 0 unspecified atom stereocenters. The summed E-state index contributed by atoms with van der Waals surface area (Å²) < 4.78 is 10.1. The normalized spacial score (nSPS) is 11.0. The Morgan fingerprint density at radius 1 is 1.04 bits per heavy atom. The van der Waals surface area contributed by atoms with Gasteiger partial charge in [-0.15, -0.1) is 0 Å². The molecule has 0 aliphatic carbocycles. The van der Waals surface area contributed by atoms with Gasteiger partial charge < -0.3 is 14.8 Å². The van der Waals surface area contributed by atoms with E-state index < -0.39 is 23.4 Å². The lowest BCUT2D eigenvalue weighted by Gasteiger charge is -2.29. The van der Waals surface area contributed by atoms with Crippen LogP contribution in [0.5, 0.6) is 0 Å². The van der Waals surface area contributed by atoms with Gasteiger partial charge in [-0.3, -0.25) is 9.78 Å². The summed E-state index contributed by atoms with van der Waals surface area (Å²) in [7, 11) is 0. The third-order valence-corrected chi connectivity index (χ3v) is 3.58. The highest BCUT2D eigenvalue weighted by Gasteiger charge is 2.50. The molecule has 2 aromatic rings. The SMILES string of the molecule is CCOC(=O)C(Cc1cnc2ccccc2n1)(NC(C)=O)C(=O)OCC. The summed E-state index contributed by atoms with van der Waals surface area (Å²) in [5.74, 6) is -2.37. The average Bonchev–Trinajstić information content (AvgIpc) is 2.61. The molecule has 1 aromatic heterocycles. The van der Waals surface area contributed by atoms with E-state index in [1.54, 1.807) is 32.0 Å². The molecule has 0 saturated heterocycles. The van der Waals surface area contributed by atoms with Gasteiger partial charge in [-0.05, 0) is 26.0 Å². The molecule has 1 aromatic carbocycles. The van der Waals surface area contributed by atoms with E-state index in [0.29, 0.717) is 16.7 Å². The number of carbonyl (C=O) groups is 3. The number of hydrogen-bond donors (Lipinski definition) is 1. The Morgan fingerprint density at radius 2 is 1.62 bits per heavy atom. The molecule has 0 bridgehead atoms. The molecule has 0 fully saturated rings. The number of nitrogens with one attached hydrogen (secondary N) is 1. The molecule has 0 saturated carbocycles. The van der Waals surface area contributed by atoms with Crippen molar-refractivity contribution in [2.75, 3.05) is 13.2 Å². The Bertz CT molecular complexity index is 803. The zero-order valence-corrected chi connectivity index (χ0v) is 14.9. The largest absolute Gasteiger partial charge is 0.464 e. The molecule has 2 rings (SSSR count). The summed E-state index contributed by atoms with van der Waals surface area (Å²) in [6.45, 7) is 4.51. The van der Waals surface area contributed by atoms with Gasteiger partial charge >= 0.3 is 11.9 Å². The second-order valence-electron chi connectivity index (χ2n) is 5.55. The van der Waals surface area contributed by atoms with Crippen LogP contribution in [-0.2, 0) is 30.3 Å². The number of ether oxygens (including phenoxy) is 2. The second-order valence-corrected chi connectivity index (χ2v) is 5.55. The highest BCUT2D eigenvalue weighted by Crippen LogP contribution is 2.19. The lowest BCUT2D eigenvalue weighted by Crippen LogP contribution is -2.62. The molecule has 0 radical (unpaired) electrons. The van der Waals surface area contributed by atoms with Crippen LogP contribution in [0.3, 0.4) is 0 Å². The van der Waals surface area contributed by atoms with Gasteiger partial charge in [0.15, 0.2) is 0 Å². The fourth-order valence-corrected chi connectivity index (χ4v) is 2.54. The monoisotopic (exact) mass is 359 g/mol. The lowest BCUT2D eigenvalue weighted by molar-refractivity contribution is -0.168. The first kappa shape index (κ1) is 19.3. The minimum atomic E-state index is -2.02. The van der Waals surface area contributed by atoms with Crippen molar-refractivity contribution in [3.63, 3.8) is 0 Å². The Morgan fingerprint density at radius 3 is 2.15 bits per heavy atom.